The topological polar surface area (TPSA) is 38.7 Å². The van der Waals surface area contributed by atoms with E-state index in [0.29, 0.717) is 0 Å². The van der Waals surface area contributed by atoms with Crippen molar-refractivity contribution >= 4 is 0 Å². The van der Waals surface area contributed by atoms with Crippen LogP contribution in [-0.2, 0) is 12.8 Å². The largest absolute Gasteiger partial charge is 0.256 e. The van der Waals surface area contributed by atoms with Crippen LogP contribution >= 0.6 is 0 Å². The minimum atomic E-state index is 0.781. The minimum Gasteiger partial charge on any atom is -0.256 e. The van der Waals surface area contributed by atoms with Gasteiger partial charge in [0.2, 0.25) is 0 Å². The van der Waals surface area contributed by atoms with Crippen LogP contribution in [0.25, 0.3) is 22.6 Å². The summed E-state index contributed by atoms with van der Waals surface area (Å²) in [6, 6.07) is 12.7. The zero-order chi connectivity index (χ0) is 18.9. The summed E-state index contributed by atoms with van der Waals surface area (Å²) in [7, 11) is 0. The number of hydrogen-bond donors (Lipinski definition) is 0. The molecule has 2 aromatic heterocycles. The Morgan fingerprint density at radius 3 is 1.85 bits per heavy atom. The molecule has 1 aromatic carbocycles. The number of rotatable bonds is 9. The maximum Gasteiger partial charge on any atom is 0.159 e. The van der Waals surface area contributed by atoms with E-state index >= 15 is 0 Å². The third-order valence-electron chi connectivity index (χ3n) is 4.86. The predicted molar refractivity (Wildman–Crippen MR) is 113 cm³/mol. The lowest BCUT2D eigenvalue weighted by atomic mass is 10.1. The second-order valence-electron chi connectivity index (χ2n) is 7.10. The first-order valence-electron chi connectivity index (χ1n) is 10.2. The van der Waals surface area contributed by atoms with Gasteiger partial charge in [-0.2, -0.15) is 0 Å². The Labute approximate surface area is 162 Å². The highest BCUT2D eigenvalue weighted by atomic mass is 14.9. The van der Waals surface area contributed by atoms with E-state index < -0.39 is 0 Å². The molecule has 0 aliphatic carbocycles. The minimum absolute atomic E-state index is 0.781. The monoisotopic (exact) mass is 359 g/mol. The molecule has 0 saturated carbocycles. The van der Waals surface area contributed by atoms with Crippen LogP contribution in [-0.4, -0.2) is 15.0 Å². The van der Waals surface area contributed by atoms with Gasteiger partial charge in [0.25, 0.3) is 0 Å². The lowest BCUT2D eigenvalue weighted by molar-refractivity contribution is 0.714. The zero-order valence-corrected chi connectivity index (χ0v) is 16.5. The van der Waals surface area contributed by atoms with Gasteiger partial charge in [0, 0.05) is 29.7 Å². The molecule has 3 nitrogen and oxygen atoms in total. The molecular weight excluding hydrogens is 330 g/mol. The van der Waals surface area contributed by atoms with Crippen molar-refractivity contribution in [3.05, 3.63) is 66.1 Å². The third kappa shape index (κ3) is 5.46. The standard InChI is InChI=1S/C24H29N3/c1-3-5-7-9-20-17-26-24(27-18-20)22-13-11-21(12-14-22)23-15-10-19(16-25-23)8-6-4-2/h10-18H,3-9H2,1-2H3. The molecule has 0 N–H and O–H groups in total. The number of aryl methyl sites for hydroxylation is 2. The normalized spacial score (nSPS) is 10.9. The van der Waals surface area contributed by atoms with E-state index in [4.69, 9.17) is 0 Å². The van der Waals surface area contributed by atoms with Crippen molar-refractivity contribution in [1.29, 1.82) is 0 Å². The van der Waals surface area contributed by atoms with Gasteiger partial charge in [-0.1, -0.05) is 63.4 Å². The Kier molecular flexibility index (Phi) is 7.09. The SMILES string of the molecule is CCCCCc1cnc(-c2ccc(-c3ccc(CCCC)cn3)cc2)nc1. The molecule has 0 amide bonds. The number of aromatic nitrogens is 3. The maximum absolute atomic E-state index is 4.62. The van der Waals surface area contributed by atoms with Crippen molar-refractivity contribution in [3.8, 4) is 22.6 Å². The molecular formula is C24H29N3. The summed E-state index contributed by atoms with van der Waals surface area (Å²) in [5.74, 6) is 0.781. The van der Waals surface area contributed by atoms with Gasteiger partial charge in [-0.05, 0) is 42.9 Å². The summed E-state index contributed by atoms with van der Waals surface area (Å²) in [5, 5.41) is 0. The fourth-order valence-electron chi connectivity index (χ4n) is 3.13. The molecule has 0 unspecified atom stereocenters. The van der Waals surface area contributed by atoms with Gasteiger partial charge in [0.1, 0.15) is 0 Å². The first-order valence-corrected chi connectivity index (χ1v) is 10.2. The average molecular weight is 360 g/mol. The number of hydrogen-bond acceptors (Lipinski definition) is 3. The summed E-state index contributed by atoms with van der Waals surface area (Å²) < 4.78 is 0. The van der Waals surface area contributed by atoms with Gasteiger partial charge in [-0.15, -0.1) is 0 Å². The Morgan fingerprint density at radius 2 is 1.22 bits per heavy atom. The van der Waals surface area contributed by atoms with E-state index in [1.54, 1.807) is 0 Å². The van der Waals surface area contributed by atoms with Crippen LogP contribution in [0.3, 0.4) is 0 Å². The Hall–Kier alpha value is -2.55. The molecule has 0 aliphatic heterocycles. The molecule has 3 rings (SSSR count). The van der Waals surface area contributed by atoms with Crippen LogP contribution in [0.15, 0.2) is 55.0 Å². The van der Waals surface area contributed by atoms with E-state index in [-0.39, 0.29) is 0 Å². The molecule has 2 heterocycles. The maximum atomic E-state index is 4.62. The quantitative estimate of drug-likeness (QED) is 0.422. The summed E-state index contributed by atoms with van der Waals surface area (Å²) in [6.07, 6.45) is 14.2. The van der Waals surface area contributed by atoms with Crippen molar-refractivity contribution in [2.45, 2.75) is 58.8 Å². The molecule has 3 heteroatoms. The highest BCUT2D eigenvalue weighted by Gasteiger charge is 2.04. The van der Waals surface area contributed by atoms with Crippen molar-refractivity contribution in [1.82, 2.24) is 15.0 Å². The van der Waals surface area contributed by atoms with Gasteiger partial charge >= 0.3 is 0 Å². The lowest BCUT2D eigenvalue weighted by Crippen LogP contribution is -1.93. The van der Waals surface area contributed by atoms with Crippen LogP contribution in [0.2, 0.25) is 0 Å². The molecule has 0 bridgehead atoms. The van der Waals surface area contributed by atoms with Crippen LogP contribution in [0.5, 0.6) is 0 Å². The summed E-state index contributed by atoms with van der Waals surface area (Å²) in [4.78, 5) is 13.7. The van der Waals surface area contributed by atoms with Crippen molar-refractivity contribution in [3.63, 3.8) is 0 Å². The van der Waals surface area contributed by atoms with Crippen LogP contribution in [0.1, 0.15) is 57.1 Å². The van der Waals surface area contributed by atoms with Crippen LogP contribution in [0.4, 0.5) is 0 Å². The second-order valence-corrected chi connectivity index (χ2v) is 7.10. The summed E-state index contributed by atoms with van der Waals surface area (Å²) in [5.41, 5.74) is 5.70. The van der Waals surface area contributed by atoms with Crippen molar-refractivity contribution < 1.29 is 0 Å². The molecule has 0 spiro atoms. The number of benzene rings is 1. The molecule has 27 heavy (non-hydrogen) atoms. The fourth-order valence-corrected chi connectivity index (χ4v) is 3.13. The predicted octanol–water partition coefficient (Wildman–Crippen LogP) is 6.28. The molecule has 3 aromatic rings. The summed E-state index contributed by atoms with van der Waals surface area (Å²) >= 11 is 0. The van der Waals surface area contributed by atoms with Gasteiger partial charge < -0.3 is 0 Å². The summed E-state index contributed by atoms with van der Waals surface area (Å²) in [6.45, 7) is 4.44. The average Bonchev–Trinajstić information content (AvgIpc) is 2.73. The smallest absolute Gasteiger partial charge is 0.159 e. The molecule has 0 radical (unpaired) electrons. The number of nitrogens with zero attached hydrogens (tertiary/aromatic N) is 3. The second kappa shape index (κ2) is 9.96. The Balaban J connectivity index is 1.66. The lowest BCUT2D eigenvalue weighted by Gasteiger charge is -2.06. The van der Waals surface area contributed by atoms with E-state index in [1.165, 1.54) is 43.2 Å². The molecule has 0 saturated heterocycles. The van der Waals surface area contributed by atoms with E-state index in [9.17, 15) is 0 Å². The van der Waals surface area contributed by atoms with Gasteiger partial charge in [-0.3, -0.25) is 4.98 Å². The first-order chi connectivity index (χ1) is 13.3. The molecule has 0 aliphatic rings. The van der Waals surface area contributed by atoms with E-state index in [1.807, 2.05) is 18.6 Å². The van der Waals surface area contributed by atoms with E-state index in [2.05, 4.69) is 65.2 Å². The van der Waals surface area contributed by atoms with Crippen LogP contribution < -0.4 is 0 Å². The van der Waals surface area contributed by atoms with Crippen LogP contribution in [0, 0.1) is 0 Å². The van der Waals surface area contributed by atoms with Gasteiger partial charge in [-0.25, -0.2) is 9.97 Å². The Morgan fingerprint density at radius 1 is 0.593 bits per heavy atom. The third-order valence-corrected chi connectivity index (χ3v) is 4.86. The van der Waals surface area contributed by atoms with Crippen molar-refractivity contribution in [2.75, 3.05) is 0 Å². The number of pyridine rings is 1. The van der Waals surface area contributed by atoms with Gasteiger partial charge in [0.05, 0.1) is 5.69 Å². The number of unbranched alkanes of at least 4 members (excludes halogenated alkanes) is 3. The molecule has 140 valence electrons. The fraction of sp³-hybridized carbons (Fsp3) is 0.375. The highest BCUT2D eigenvalue weighted by Crippen LogP contribution is 2.22. The van der Waals surface area contributed by atoms with Crippen molar-refractivity contribution in [2.24, 2.45) is 0 Å². The molecule has 0 atom stereocenters. The van der Waals surface area contributed by atoms with E-state index in [0.717, 1.165) is 35.5 Å². The van der Waals surface area contributed by atoms with Gasteiger partial charge in [0.15, 0.2) is 5.82 Å². The molecule has 0 fully saturated rings. The first kappa shape index (κ1) is 19.2. The zero-order valence-electron chi connectivity index (χ0n) is 16.5. The highest BCUT2D eigenvalue weighted by molar-refractivity contribution is 5.65. The Bertz CT molecular complexity index is 806.